The monoisotopic (exact) mass is 410 g/mol. The fourth-order valence-electron chi connectivity index (χ4n) is 2.66. The minimum atomic E-state index is -0.463. The zero-order valence-electron chi connectivity index (χ0n) is 15.8. The lowest BCUT2D eigenvalue weighted by Gasteiger charge is -2.12. The molecule has 2 aromatic carbocycles. The average Bonchev–Trinajstić information content (AvgIpc) is 2.74. The van der Waals surface area contributed by atoms with E-state index in [1.165, 1.54) is 23.9 Å². The number of aryl methyl sites for hydroxylation is 1. The van der Waals surface area contributed by atoms with Gasteiger partial charge in [0.25, 0.3) is 5.69 Å². The third-order valence-electron chi connectivity index (χ3n) is 4.15. The van der Waals surface area contributed by atoms with E-state index in [1.54, 1.807) is 26.2 Å². The first-order chi connectivity index (χ1) is 14.0. The van der Waals surface area contributed by atoms with E-state index in [2.05, 4.69) is 15.3 Å². The molecule has 0 unspecified atom stereocenters. The smallest absolute Gasteiger partial charge is 0.269 e. The highest BCUT2D eigenvalue weighted by atomic mass is 32.2. The standard InChI is InChI=1S/C20H18N4O4S/c1-13-18(21-12-25)19(15-5-7-16(8-6-15)24(26)27)23-20(22-13)29-11-14-3-9-17(28-2)10-4-14/h3-10,12H,11H2,1-2H3,(H,21,25). The van der Waals surface area contributed by atoms with E-state index >= 15 is 0 Å². The van der Waals surface area contributed by atoms with Crippen LogP contribution >= 0.6 is 11.8 Å². The second-order valence-electron chi connectivity index (χ2n) is 6.02. The summed E-state index contributed by atoms with van der Waals surface area (Å²) in [5.74, 6) is 1.44. The molecule has 0 saturated heterocycles. The number of nitro benzene ring substituents is 1. The summed E-state index contributed by atoms with van der Waals surface area (Å²) in [7, 11) is 1.62. The van der Waals surface area contributed by atoms with Crippen molar-refractivity contribution in [1.82, 2.24) is 9.97 Å². The maximum Gasteiger partial charge on any atom is 0.269 e. The maximum absolute atomic E-state index is 11.0. The number of aromatic nitrogens is 2. The minimum Gasteiger partial charge on any atom is -0.497 e. The molecule has 1 amide bonds. The average molecular weight is 410 g/mol. The summed E-state index contributed by atoms with van der Waals surface area (Å²) in [5, 5.41) is 14.1. The topological polar surface area (TPSA) is 107 Å². The van der Waals surface area contributed by atoms with Crippen LogP contribution in [0, 0.1) is 17.0 Å². The third kappa shape index (κ3) is 4.88. The Morgan fingerprint density at radius 3 is 2.41 bits per heavy atom. The predicted octanol–water partition coefficient (Wildman–Crippen LogP) is 4.23. The number of benzene rings is 2. The quantitative estimate of drug-likeness (QED) is 0.195. The van der Waals surface area contributed by atoms with Crippen molar-refractivity contribution >= 4 is 29.5 Å². The Balaban J connectivity index is 1.90. The Bertz CT molecular complexity index is 1020. The number of thioether (sulfide) groups is 1. The lowest BCUT2D eigenvalue weighted by atomic mass is 10.1. The van der Waals surface area contributed by atoms with E-state index in [0.29, 0.717) is 40.0 Å². The molecule has 9 heteroatoms. The summed E-state index contributed by atoms with van der Waals surface area (Å²) >= 11 is 1.46. The van der Waals surface area contributed by atoms with Crippen LogP contribution in [0.5, 0.6) is 5.75 Å². The first kappa shape index (κ1) is 20.3. The first-order valence-corrected chi connectivity index (χ1v) is 9.59. The molecule has 3 aromatic rings. The molecule has 0 bridgehead atoms. The fraction of sp³-hybridized carbons (Fsp3) is 0.150. The van der Waals surface area contributed by atoms with Crippen LogP contribution in [0.3, 0.4) is 0 Å². The number of amides is 1. The van der Waals surface area contributed by atoms with Crippen LogP contribution in [0.15, 0.2) is 53.7 Å². The van der Waals surface area contributed by atoms with Gasteiger partial charge in [-0.05, 0) is 36.8 Å². The lowest BCUT2D eigenvalue weighted by molar-refractivity contribution is -0.384. The molecule has 1 heterocycles. The Labute approximate surface area is 171 Å². The van der Waals surface area contributed by atoms with Crippen molar-refractivity contribution in [2.75, 3.05) is 12.4 Å². The fourth-order valence-corrected chi connectivity index (χ4v) is 3.51. The molecule has 8 nitrogen and oxygen atoms in total. The van der Waals surface area contributed by atoms with Crippen molar-refractivity contribution in [3.8, 4) is 17.0 Å². The molecule has 3 rings (SSSR count). The van der Waals surface area contributed by atoms with Crippen LogP contribution in [0.25, 0.3) is 11.3 Å². The maximum atomic E-state index is 11.0. The lowest BCUT2D eigenvalue weighted by Crippen LogP contribution is -2.05. The molecule has 0 saturated carbocycles. The van der Waals surface area contributed by atoms with Crippen LogP contribution < -0.4 is 10.1 Å². The first-order valence-electron chi connectivity index (χ1n) is 8.61. The summed E-state index contributed by atoms with van der Waals surface area (Å²) in [4.78, 5) is 30.5. The van der Waals surface area contributed by atoms with Gasteiger partial charge in [-0.25, -0.2) is 9.97 Å². The van der Waals surface area contributed by atoms with Crippen LogP contribution in [0.1, 0.15) is 11.3 Å². The Hall–Kier alpha value is -3.46. The molecule has 0 aliphatic carbocycles. The Morgan fingerprint density at radius 2 is 1.83 bits per heavy atom. The Morgan fingerprint density at radius 1 is 1.14 bits per heavy atom. The summed E-state index contributed by atoms with van der Waals surface area (Å²) in [6.45, 7) is 1.78. The second kappa shape index (κ2) is 9.16. The summed E-state index contributed by atoms with van der Waals surface area (Å²) in [6, 6.07) is 13.7. The Kier molecular flexibility index (Phi) is 6.40. The molecular weight excluding hydrogens is 392 g/mol. The minimum absolute atomic E-state index is 0.0153. The molecule has 0 radical (unpaired) electrons. The number of nitrogens with zero attached hydrogens (tertiary/aromatic N) is 3. The van der Waals surface area contributed by atoms with E-state index < -0.39 is 4.92 Å². The van der Waals surface area contributed by atoms with Crippen molar-refractivity contribution in [3.63, 3.8) is 0 Å². The van der Waals surface area contributed by atoms with E-state index in [0.717, 1.165) is 11.3 Å². The van der Waals surface area contributed by atoms with E-state index in [4.69, 9.17) is 4.74 Å². The van der Waals surface area contributed by atoms with Crippen molar-refractivity contribution in [1.29, 1.82) is 0 Å². The molecule has 1 N–H and O–H groups in total. The number of hydrogen-bond donors (Lipinski definition) is 1. The molecule has 0 aliphatic heterocycles. The van der Waals surface area contributed by atoms with Gasteiger partial charge >= 0.3 is 0 Å². The third-order valence-corrected chi connectivity index (χ3v) is 5.07. The number of rotatable bonds is 8. The summed E-state index contributed by atoms with van der Waals surface area (Å²) in [6.07, 6.45) is 0.560. The van der Waals surface area contributed by atoms with Gasteiger partial charge in [0, 0.05) is 23.4 Å². The van der Waals surface area contributed by atoms with Gasteiger partial charge in [0.1, 0.15) is 5.75 Å². The van der Waals surface area contributed by atoms with Gasteiger partial charge in [-0.3, -0.25) is 14.9 Å². The number of non-ortho nitro benzene ring substituents is 1. The molecule has 0 aliphatic rings. The molecule has 0 spiro atoms. The number of nitro groups is 1. The number of hydrogen-bond acceptors (Lipinski definition) is 7. The molecule has 148 valence electrons. The molecular formula is C20H18N4O4S. The van der Waals surface area contributed by atoms with E-state index in [-0.39, 0.29) is 5.69 Å². The highest BCUT2D eigenvalue weighted by Crippen LogP contribution is 2.32. The van der Waals surface area contributed by atoms with Gasteiger partial charge in [0.15, 0.2) is 5.16 Å². The van der Waals surface area contributed by atoms with Crippen molar-refractivity contribution < 1.29 is 14.5 Å². The zero-order valence-corrected chi connectivity index (χ0v) is 16.6. The van der Waals surface area contributed by atoms with Crippen molar-refractivity contribution in [2.24, 2.45) is 0 Å². The van der Waals surface area contributed by atoms with Crippen LogP contribution in [0.2, 0.25) is 0 Å². The van der Waals surface area contributed by atoms with Gasteiger partial charge in [0.2, 0.25) is 6.41 Å². The van der Waals surface area contributed by atoms with Gasteiger partial charge in [-0.1, -0.05) is 23.9 Å². The van der Waals surface area contributed by atoms with Gasteiger partial charge in [-0.15, -0.1) is 0 Å². The van der Waals surface area contributed by atoms with Gasteiger partial charge in [0.05, 0.1) is 29.1 Å². The molecule has 0 atom stereocenters. The van der Waals surface area contributed by atoms with Crippen molar-refractivity contribution in [2.45, 2.75) is 17.8 Å². The molecule has 0 fully saturated rings. The summed E-state index contributed by atoms with van der Waals surface area (Å²) < 4.78 is 5.16. The normalized spacial score (nSPS) is 10.4. The number of nitrogens with one attached hydrogen (secondary N) is 1. The number of carbonyl (C=O) groups is 1. The van der Waals surface area contributed by atoms with Gasteiger partial charge in [-0.2, -0.15) is 0 Å². The second-order valence-corrected chi connectivity index (χ2v) is 6.96. The van der Waals surface area contributed by atoms with Crippen LogP contribution in [0.4, 0.5) is 11.4 Å². The number of carbonyl (C=O) groups excluding carboxylic acids is 1. The van der Waals surface area contributed by atoms with Crippen LogP contribution in [-0.4, -0.2) is 28.4 Å². The largest absolute Gasteiger partial charge is 0.497 e. The number of anilines is 1. The molecule has 1 aromatic heterocycles. The SMILES string of the molecule is COc1ccc(CSc2nc(C)c(NC=O)c(-c3ccc([N+](=O)[O-])cc3)n2)cc1. The summed E-state index contributed by atoms with van der Waals surface area (Å²) in [5.41, 5.74) is 3.32. The number of ether oxygens (including phenoxy) is 1. The van der Waals surface area contributed by atoms with Crippen molar-refractivity contribution in [3.05, 3.63) is 69.9 Å². The number of methoxy groups -OCH3 is 1. The predicted molar refractivity (Wildman–Crippen MR) is 111 cm³/mol. The zero-order chi connectivity index (χ0) is 20.8. The van der Waals surface area contributed by atoms with E-state index in [9.17, 15) is 14.9 Å². The van der Waals surface area contributed by atoms with Gasteiger partial charge < -0.3 is 10.1 Å². The highest BCUT2D eigenvalue weighted by molar-refractivity contribution is 7.98. The highest BCUT2D eigenvalue weighted by Gasteiger charge is 2.15. The molecule has 29 heavy (non-hydrogen) atoms. The van der Waals surface area contributed by atoms with Crippen LogP contribution in [-0.2, 0) is 10.5 Å². The van der Waals surface area contributed by atoms with E-state index in [1.807, 2.05) is 24.3 Å².